The van der Waals surface area contributed by atoms with Crippen LogP contribution in [0.15, 0.2) is 66.3 Å². The van der Waals surface area contributed by atoms with E-state index in [1.165, 1.54) is 33.4 Å². The van der Waals surface area contributed by atoms with E-state index in [4.69, 9.17) is 7.85 Å². The number of benzene rings is 2. The van der Waals surface area contributed by atoms with Crippen LogP contribution in [-0.2, 0) is 5.41 Å². The number of allylic oxidation sites excluding steroid dienone is 4. The summed E-state index contributed by atoms with van der Waals surface area (Å²) in [5.41, 5.74) is 8.32. The SMILES string of the molecule is [B]C1C=CC2=C(C1)C(C)(C)c1cc(-c3ccccc3)ccc12. The van der Waals surface area contributed by atoms with Gasteiger partial charge in [-0.1, -0.05) is 79.9 Å². The summed E-state index contributed by atoms with van der Waals surface area (Å²) in [5, 5.41) is 0. The first-order chi connectivity index (χ1) is 10.6. The zero-order chi connectivity index (χ0) is 15.3. The Balaban J connectivity index is 1.86. The average Bonchev–Trinajstić information content (AvgIpc) is 2.76. The van der Waals surface area contributed by atoms with E-state index in [0.29, 0.717) is 0 Å². The number of fused-ring (bicyclic) bond motifs is 2. The molecule has 2 aliphatic carbocycles. The predicted octanol–water partition coefficient (Wildman–Crippen LogP) is 5.32. The molecule has 1 heteroatoms. The zero-order valence-corrected chi connectivity index (χ0v) is 13.1. The molecule has 22 heavy (non-hydrogen) atoms. The molecule has 0 saturated carbocycles. The van der Waals surface area contributed by atoms with Gasteiger partial charge in [-0.05, 0) is 40.3 Å². The largest absolute Gasteiger partial charge is 0.0892 e. The van der Waals surface area contributed by atoms with Crippen LogP contribution < -0.4 is 0 Å². The topological polar surface area (TPSA) is 0 Å². The Morgan fingerprint density at radius 1 is 1.00 bits per heavy atom. The summed E-state index contributed by atoms with van der Waals surface area (Å²) >= 11 is 0. The Hall–Kier alpha value is -2.02. The van der Waals surface area contributed by atoms with E-state index in [1.54, 1.807) is 0 Å². The summed E-state index contributed by atoms with van der Waals surface area (Å²) in [5.74, 6) is 0.154. The maximum Gasteiger partial charge on any atom is 0.0759 e. The molecule has 0 aromatic heterocycles. The lowest BCUT2D eigenvalue weighted by Gasteiger charge is -2.28. The fraction of sp³-hybridized carbons (Fsp3) is 0.238. The molecule has 1 atom stereocenters. The summed E-state index contributed by atoms with van der Waals surface area (Å²) in [7, 11) is 6.15. The van der Waals surface area contributed by atoms with Gasteiger partial charge in [0.05, 0.1) is 7.85 Å². The first kappa shape index (κ1) is 13.6. The molecule has 2 aliphatic rings. The Morgan fingerprint density at radius 2 is 1.77 bits per heavy atom. The van der Waals surface area contributed by atoms with E-state index in [2.05, 4.69) is 74.5 Å². The normalized spacial score (nSPS) is 21.6. The highest BCUT2D eigenvalue weighted by atomic mass is 14.4. The van der Waals surface area contributed by atoms with E-state index in [1.807, 2.05) is 0 Å². The summed E-state index contributed by atoms with van der Waals surface area (Å²) in [6, 6.07) is 17.5. The highest BCUT2D eigenvalue weighted by Gasteiger charge is 2.38. The van der Waals surface area contributed by atoms with Crippen LogP contribution in [0, 0.1) is 0 Å². The molecule has 0 amide bonds. The molecule has 0 nitrogen and oxygen atoms in total. The molecule has 106 valence electrons. The van der Waals surface area contributed by atoms with Gasteiger partial charge in [0.2, 0.25) is 0 Å². The molecular formula is C21H19B. The van der Waals surface area contributed by atoms with Crippen LogP contribution in [0.4, 0.5) is 0 Å². The van der Waals surface area contributed by atoms with Gasteiger partial charge in [-0.15, -0.1) is 0 Å². The van der Waals surface area contributed by atoms with Crippen molar-refractivity contribution in [3.8, 4) is 11.1 Å². The summed E-state index contributed by atoms with van der Waals surface area (Å²) < 4.78 is 0. The van der Waals surface area contributed by atoms with Gasteiger partial charge in [-0.25, -0.2) is 0 Å². The Kier molecular flexibility index (Phi) is 2.94. The lowest BCUT2D eigenvalue weighted by molar-refractivity contribution is 0.607. The van der Waals surface area contributed by atoms with Gasteiger partial charge in [0.25, 0.3) is 0 Å². The Bertz CT molecular complexity index is 794. The highest BCUT2D eigenvalue weighted by molar-refractivity contribution is 6.14. The van der Waals surface area contributed by atoms with Crippen molar-refractivity contribution < 1.29 is 0 Å². The van der Waals surface area contributed by atoms with Crippen LogP contribution in [0.3, 0.4) is 0 Å². The molecule has 2 aromatic carbocycles. The van der Waals surface area contributed by atoms with E-state index < -0.39 is 0 Å². The van der Waals surface area contributed by atoms with Crippen molar-refractivity contribution in [1.29, 1.82) is 0 Å². The van der Waals surface area contributed by atoms with Gasteiger partial charge in [-0.2, -0.15) is 0 Å². The Morgan fingerprint density at radius 3 is 2.55 bits per heavy atom. The molecule has 0 aliphatic heterocycles. The van der Waals surface area contributed by atoms with Crippen molar-refractivity contribution in [3.05, 3.63) is 77.4 Å². The van der Waals surface area contributed by atoms with Crippen LogP contribution in [0.25, 0.3) is 16.7 Å². The van der Waals surface area contributed by atoms with Crippen LogP contribution in [-0.4, -0.2) is 7.85 Å². The lowest BCUT2D eigenvalue weighted by Crippen LogP contribution is -2.19. The van der Waals surface area contributed by atoms with Crippen LogP contribution in [0.2, 0.25) is 5.82 Å². The molecule has 0 heterocycles. The van der Waals surface area contributed by atoms with Crippen molar-refractivity contribution in [2.45, 2.75) is 31.5 Å². The summed E-state index contributed by atoms with van der Waals surface area (Å²) in [6.07, 6.45) is 5.32. The van der Waals surface area contributed by atoms with Gasteiger partial charge in [-0.3, -0.25) is 0 Å². The van der Waals surface area contributed by atoms with E-state index in [0.717, 1.165) is 6.42 Å². The van der Waals surface area contributed by atoms with Crippen molar-refractivity contribution in [1.82, 2.24) is 0 Å². The first-order valence-electron chi connectivity index (χ1n) is 7.95. The maximum atomic E-state index is 6.15. The van der Waals surface area contributed by atoms with E-state index >= 15 is 0 Å². The molecule has 1 unspecified atom stereocenters. The van der Waals surface area contributed by atoms with Crippen LogP contribution >= 0.6 is 0 Å². The lowest BCUT2D eigenvalue weighted by atomic mass is 9.71. The van der Waals surface area contributed by atoms with Gasteiger partial charge < -0.3 is 0 Å². The van der Waals surface area contributed by atoms with Crippen LogP contribution in [0.5, 0.6) is 0 Å². The molecule has 0 spiro atoms. The molecule has 0 bridgehead atoms. The summed E-state index contributed by atoms with van der Waals surface area (Å²) in [6.45, 7) is 4.66. The molecule has 0 saturated heterocycles. The minimum absolute atomic E-state index is 0.0673. The number of rotatable bonds is 1. The fourth-order valence-electron chi connectivity index (χ4n) is 3.85. The molecule has 0 N–H and O–H groups in total. The van der Waals surface area contributed by atoms with Crippen molar-refractivity contribution >= 4 is 13.4 Å². The van der Waals surface area contributed by atoms with Crippen molar-refractivity contribution in [2.24, 2.45) is 0 Å². The van der Waals surface area contributed by atoms with Gasteiger partial charge >= 0.3 is 0 Å². The van der Waals surface area contributed by atoms with Crippen LogP contribution in [0.1, 0.15) is 31.4 Å². The van der Waals surface area contributed by atoms with Crippen molar-refractivity contribution in [2.75, 3.05) is 0 Å². The van der Waals surface area contributed by atoms with Crippen molar-refractivity contribution in [3.63, 3.8) is 0 Å². The van der Waals surface area contributed by atoms with Gasteiger partial charge in [0, 0.05) is 5.41 Å². The second-order valence-electron chi connectivity index (χ2n) is 6.87. The smallest absolute Gasteiger partial charge is 0.0759 e. The average molecular weight is 282 g/mol. The second-order valence-corrected chi connectivity index (χ2v) is 6.87. The van der Waals surface area contributed by atoms with E-state index in [9.17, 15) is 0 Å². The molecule has 2 aromatic rings. The maximum absolute atomic E-state index is 6.15. The number of hydrogen-bond donors (Lipinski definition) is 0. The fourth-order valence-corrected chi connectivity index (χ4v) is 3.85. The van der Waals surface area contributed by atoms with E-state index in [-0.39, 0.29) is 11.2 Å². The van der Waals surface area contributed by atoms with Gasteiger partial charge in [0.1, 0.15) is 0 Å². The number of hydrogen-bond acceptors (Lipinski definition) is 0. The van der Waals surface area contributed by atoms with Gasteiger partial charge in [0.15, 0.2) is 0 Å². The minimum atomic E-state index is 0.0673. The predicted molar refractivity (Wildman–Crippen MR) is 95.1 cm³/mol. The Labute approximate surface area is 134 Å². The minimum Gasteiger partial charge on any atom is -0.0892 e. The quantitative estimate of drug-likeness (QED) is 0.621. The second kappa shape index (κ2) is 4.74. The molecule has 0 fully saturated rings. The monoisotopic (exact) mass is 282 g/mol. The first-order valence-corrected chi connectivity index (χ1v) is 7.95. The third kappa shape index (κ3) is 1.92. The molecule has 2 radical (unpaired) electrons. The third-order valence-corrected chi connectivity index (χ3v) is 5.12. The standard InChI is InChI=1S/C21H19B/c1-21(2)19-12-15(14-6-4-3-5-7-14)8-10-17(19)18-11-9-16(22)13-20(18)21/h3-12,16H,13H2,1-2H3. The highest BCUT2D eigenvalue weighted by Crippen LogP contribution is 2.52. The summed E-state index contributed by atoms with van der Waals surface area (Å²) in [4.78, 5) is 0. The third-order valence-electron chi connectivity index (χ3n) is 5.12. The molecular weight excluding hydrogens is 263 g/mol. The molecule has 4 rings (SSSR count). The zero-order valence-electron chi connectivity index (χ0n) is 13.1.